The Kier molecular flexibility index (Phi) is 3.06. The van der Waals surface area contributed by atoms with E-state index in [-0.39, 0.29) is 0 Å². The highest BCUT2D eigenvalue weighted by Gasteiger charge is 2.47. The molecule has 3 atom stereocenters. The number of benzene rings is 1. The summed E-state index contributed by atoms with van der Waals surface area (Å²) in [6, 6.07) is 12.1. The van der Waals surface area contributed by atoms with Crippen LogP contribution in [-0.2, 0) is 11.4 Å². The number of hydrogen-bond acceptors (Lipinski definition) is 3. The molecule has 1 aromatic rings. The summed E-state index contributed by atoms with van der Waals surface area (Å²) in [5.41, 5.74) is 1.36. The molecule has 0 spiro atoms. The van der Waals surface area contributed by atoms with Gasteiger partial charge in [0.15, 0.2) is 0 Å². The van der Waals surface area contributed by atoms with E-state index in [0.717, 1.165) is 25.1 Å². The lowest BCUT2D eigenvalue weighted by molar-refractivity contribution is -0.151. The molecule has 0 amide bonds. The highest BCUT2D eigenvalue weighted by atomic mass is 16.7. The fraction of sp³-hybridized carbons (Fsp3) is 0.625. The van der Waals surface area contributed by atoms with E-state index < -0.39 is 0 Å². The molecule has 3 heterocycles. The molecule has 3 heteroatoms. The average Bonchev–Trinajstić information content (AvgIpc) is 3.06. The minimum Gasteiger partial charge on any atom is -0.299 e. The zero-order valence-electron chi connectivity index (χ0n) is 11.4. The number of rotatable bonds is 2. The molecule has 3 aliphatic heterocycles. The lowest BCUT2D eigenvalue weighted by atomic mass is 9.86. The van der Waals surface area contributed by atoms with Gasteiger partial charge in [-0.3, -0.25) is 9.74 Å². The van der Waals surface area contributed by atoms with Gasteiger partial charge >= 0.3 is 0 Å². The fourth-order valence-electron chi connectivity index (χ4n) is 4.13. The molecule has 0 N–H and O–H groups in total. The van der Waals surface area contributed by atoms with E-state index in [4.69, 9.17) is 4.84 Å². The van der Waals surface area contributed by atoms with Crippen molar-refractivity contribution in [3.05, 3.63) is 35.9 Å². The molecule has 3 aliphatic rings. The van der Waals surface area contributed by atoms with Crippen LogP contribution in [0.15, 0.2) is 30.3 Å². The van der Waals surface area contributed by atoms with E-state index in [2.05, 4.69) is 40.3 Å². The second kappa shape index (κ2) is 4.89. The van der Waals surface area contributed by atoms with E-state index >= 15 is 0 Å². The molecule has 19 heavy (non-hydrogen) atoms. The zero-order valence-corrected chi connectivity index (χ0v) is 11.4. The minimum absolute atomic E-state index is 0.622. The molecule has 3 fully saturated rings. The summed E-state index contributed by atoms with van der Waals surface area (Å²) in [6.45, 7) is 4.45. The first kappa shape index (κ1) is 11.9. The molecule has 0 saturated carbocycles. The molecule has 102 valence electrons. The fourth-order valence-corrected chi connectivity index (χ4v) is 4.13. The molecular weight excluding hydrogens is 236 g/mol. The van der Waals surface area contributed by atoms with Gasteiger partial charge in [0.05, 0.1) is 12.6 Å². The van der Waals surface area contributed by atoms with Crippen LogP contribution in [0.5, 0.6) is 0 Å². The molecule has 0 aliphatic carbocycles. The van der Waals surface area contributed by atoms with Crippen molar-refractivity contribution in [3.8, 4) is 0 Å². The first-order valence-corrected chi connectivity index (χ1v) is 7.59. The molecule has 4 rings (SSSR count). The van der Waals surface area contributed by atoms with Crippen molar-refractivity contribution in [2.45, 2.75) is 37.9 Å². The summed E-state index contributed by atoms with van der Waals surface area (Å²) in [5, 5.41) is 2.28. The van der Waals surface area contributed by atoms with E-state index in [9.17, 15) is 0 Å². The Bertz CT molecular complexity index is 436. The quantitative estimate of drug-likeness (QED) is 0.809. The third-order valence-electron chi connectivity index (χ3n) is 5.05. The number of piperidine rings is 1. The van der Waals surface area contributed by atoms with Crippen LogP contribution in [-0.4, -0.2) is 41.7 Å². The van der Waals surface area contributed by atoms with E-state index in [1.165, 1.54) is 37.9 Å². The number of nitrogens with zero attached hydrogens (tertiary/aromatic N) is 2. The van der Waals surface area contributed by atoms with E-state index in [1.807, 2.05) is 0 Å². The first-order chi connectivity index (χ1) is 9.42. The predicted molar refractivity (Wildman–Crippen MR) is 74.4 cm³/mol. The summed E-state index contributed by atoms with van der Waals surface area (Å²) < 4.78 is 0. The zero-order chi connectivity index (χ0) is 12.7. The SMILES string of the molecule is c1ccc(CN2OC[C@@H]3CCN4CCC[C@H]4[C@@H]32)cc1. The largest absolute Gasteiger partial charge is 0.299 e. The topological polar surface area (TPSA) is 15.7 Å². The van der Waals surface area contributed by atoms with Crippen molar-refractivity contribution in [1.29, 1.82) is 0 Å². The molecule has 0 bridgehead atoms. The number of hydroxylamine groups is 2. The van der Waals surface area contributed by atoms with Crippen LogP contribution in [0.3, 0.4) is 0 Å². The van der Waals surface area contributed by atoms with Gasteiger partial charge in [0.25, 0.3) is 0 Å². The van der Waals surface area contributed by atoms with Crippen LogP contribution in [0.2, 0.25) is 0 Å². The number of fused-ring (bicyclic) bond motifs is 3. The molecule has 3 saturated heterocycles. The van der Waals surface area contributed by atoms with Gasteiger partial charge in [0, 0.05) is 18.5 Å². The standard InChI is InChI=1S/C16H22N2O/c1-2-5-13(6-3-1)11-18-16-14(12-19-18)8-10-17-9-4-7-15(16)17/h1-3,5-6,14-16H,4,7-12H2/t14-,15-,16+/m0/s1. The third kappa shape index (κ3) is 2.10. The third-order valence-corrected chi connectivity index (χ3v) is 5.05. The monoisotopic (exact) mass is 258 g/mol. The Morgan fingerprint density at radius 3 is 2.89 bits per heavy atom. The van der Waals surface area contributed by atoms with Crippen molar-refractivity contribution < 1.29 is 4.84 Å². The van der Waals surface area contributed by atoms with Crippen LogP contribution >= 0.6 is 0 Å². The Labute approximate surface area is 115 Å². The smallest absolute Gasteiger partial charge is 0.0730 e. The van der Waals surface area contributed by atoms with Gasteiger partial charge in [0.2, 0.25) is 0 Å². The molecule has 0 radical (unpaired) electrons. The first-order valence-electron chi connectivity index (χ1n) is 7.59. The van der Waals surface area contributed by atoms with Gasteiger partial charge in [-0.1, -0.05) is 30.3 Å². The molecule has 0 aromatic heterocycles. The van der Waals surface area contributed by atoms with Gasteiger partial charge in [0.1, 0.15) is 0 Å². The van der Waals surface area contributed by atoms with Crippen LogP contribution in [0.1, 0.15) is 24.8 Å². The maximum atomic E-state index is 6.02. The van der Waals surface area contributed by atoms with Crippen molar-refractivity contribution in [2.75, 3.05) is 19.7 Å². The lowest BCUT2D eigenvalue weighted by Gasteiger charge is -2.40. The Morgan fingerprint density at radius 1 is 1.11 bits per heavy atom. The molecular formula is C16H22N2O. The summed E-state index contributed by atoms with van der Waals surface area (Å²) in [5.74, 6) is 0.753. The van der Waals surface area contributed by atoms with Crippen molar-refractivity contribution >= 4 is 0 Å². The maximum Gasteiger partial charge on any atom is 0.0730 e. The molecule has 3 nitrogen and oxygen atoms in total. The van der Waals surface area contributed by atoms with Crippen LogP contribution < -0.4 is 0 Å². The normalized spacial score (nSPS) is 35.3. The summed E-state index contributed by atoms with van der Waals surface area (Å²) in [7, 11) is 0. The second-order valence-electron chi connectivity index (χ2n) is 6.14. The van der Waals surface area contributed by atoms with Crippen molar-refractivity contribution in [3.63, 3.8) is 0 Å². The van der Waals surface area contributed by atoms with E-state index in [0.29, 0.717) is 6.04 Å². The molecule has 0 unspecified atom stereocenters. The summed E-state index contributed by atoms with van der Waals surface area (Å²) in [6.07, 6.45) is 4.04. The van der Waals surface area contributed by atoms with Gasteiger partial charge in [-0.15, -0.1) is 0 Å². The lowest BCUT2D eigenvalue weighted by Crippen LogP contribution is -2.52. The predicted octanol–water partition coefficient (Wildman–Crippen LogP) is 2.29. The Morgan fingerprint density at radius 2 is 2.00 bits per heavy atom. The van der Waals surface area contributed by atoms with Gasteiger partial charge < -0.3 is 0 Å². The minimum atomic E-state index is 0.622. The van der Waals surface area contributed by atoms with Gasteiger partial charge in [-0.05, 0) is 37.9 Å². The molecule has 1 aromatic carbocycles. The summed E-state index contributed by atoms with van der Waals surface area (Å²) >= 11 is 0. The van der Waals surface area contributed by atoms with Gasteiger partial charge in [-0.25, -0.2) is 0 Å². The van der Waals surface area contributed by atoms with Gasteiger partial charge in [-0.2, -0.15) is 5.06 Å². The van der Waals surface area contributed by atoms with Crippen molar-refractivity contribution in [2.24, 2.45) is 5.92 Å². The highest BCUT2D eigenvalue weighted by Crippen LogP contribution is 2.38. The Hall–Kier alpha value is -0.900. The maximum absolute atomic E-state index is 6.02. The van der Waals surface area contributed by atoms with Crippen molar-refractivity contribution in [1.82, 2.24) is 9.96 Å². The highest BCUT2D eigenvalue weighted by molar-refractivity contribution is 5.15. The van der Waals surface area contributed by atoms with Crippen LogP contribution in [0.25, 0.3) is 0 Å². The summed E-state index contributed by atoms with van der Waals surface area (Å²) in [4.78, 5) is 8.71. The Balaban J connectivity index is 1.53. The number of hydrogen-bond donors (Lipinski definition) is 0. The van der Waals surface area contributed by atoms with Crippen LogP contribution in [0.4, 0.5) is 0 Å². The van der Waals surface area contributed by atoms with E-state index in [1.54, 1.807) is 0 Å². The second-order valence-corrected chi connectivity index (χ2v) is 6.14. The average molecular weight is 258 g/mol. The van der Waals surface area contributed by atoms with Crippen LogP contribution in [0, 0.1) is 5.92 Å².